The van der Waals surface area contributed by atoms with Crippen molar-refractivity contribution in [2.75, 3.05) is 19.7 Å². The molecule has 0 radical (unpaired) electrons. The molecule has 0 aromatic carbocycles. The number of rotatable bonds is 3. The fraction of sp³-hybridized carbons (Fsp3) is 0.667. The third-order valence-corrected chi connectivity index (χ3v) is 4.62. The Hall–Kier alpha value is -1.33. The van der Waals surface area contributed by atoms with Gasteiger partial charge < -0.3 is 14.8 Å². The molecule has 2 saturated heterocycles. The van der Waals surface area contributed by atoms with Crippen LogP contribution < -0.4 is 0 Å². The first-order valence-electron chi connectivity index (χ1n) is 7.49. The molecule has 3 atom stereocenters. The van der Waals surface area contributed by atoms with Crippen molar-refractivity contribution in [2.24, 2.45) is 5.92 Å². The average Bonchev–Trinajstić information content (AvgIpc) is 3.01. The minimum absolute atomic E-state index is 0.0444. The first kappa shape index (κ1) is 13.6. The molecule has 0 saturated carbocycles. The minimum Gasteiger partial charge on any atom is -0.457 e. The third-order valence-electron chi connectivity index (χ3n) is 4.62. The van der Waals surface area contributed by atoms with Crippen LogP contribution in [0.5, 0.6) is 0 Å². The molecule has 2 aliphatic heterocycles. The lowest BCUT2D eigenvalue weighted by Gasteiger charge is -2.46. The van der Waals surface area contributed by atoms with Crippen LogP contribution in [0.15, 0.2) is 18.3 Å². The molecule has 0 amide bonds. The number of aromatic nitrogens is 1. The Bertz CT molecular complexity index is 446. The normalized spacial score (nSPS) is 30.8. The van der Waals surface area contributed by atoms with Gasteiger partial charge in [-0.3, -0.25) is 4.90 Å². The maximum Gasteiger partial charge on any atom is 0.355 e. The Morgan fingerprint density at radius 2 is 2.30 bits per heavy atom. The molecule has 0 spiro atoms. The van der Waals surface area contributed by atoms with Crippen molar-refractivity contribution in [3.05, 3.63) is 24.0 Å². The lowest BCUT2D eigenvalue weighted by molar-refractivity contribution is -0.0655. The molecule has 110 valence electrons. The number of esters is 1. The first-order valence-corrected chi connectivity index (χ1v) is 7.49. The van der Waals surface area contributed by atoms with E-state index in [0.717, 1.165) is 25.9 Å². The Labute approximate surface area is 118 Å². The molecular formula is C15H22N2O3. The summed E-state index contributed by atoms with van der Waals surface area (Å²) in [5.74, 6) is -0.273. The molecular weight excluding hydrogens is 256 g/mol. The highest BCUT2D eigenvalue weighted by Crippen LogP contribution is 2.32. The molecule has 1 aromatic rings. The molecule has 3 rings (SSSR count). The van der Waals surface area contributed by atoms with Crippen LogP contribution in [0.4, 0.5) is 0 Å². The number of hydrogen-bond donors (Lipinski definition) is 2. The summed E-state index contributed by atoms with van der Waals surface area (Å²) >= 11 is 0. The topological polar surface area (TPSA) is 65.6 Å². The molecule has 20 heavy (non-hydrogen) atoms. The van der Waals surface area contributed by atoms with Crippen LogP contribution in [-0.4, -0.2) is 52.8 Å². The lowest BCUT2D eigenvalue weighted by Crippen LogP contribution is -2.55. The number of aliphatic hydroxyl groups excluding tert-OH is 1. The molecule has 0 aliphatic carbocycles. The second-order valence-corrected chi connectivity index (χ2v) is 5.76. The summed E-state index contributed by atoms with van der Waals surface area (Å²) in [6.07, 6.45) is 5.89. The van der Waals surface area contributed by atoms with Crippen molar-refractivity contribution in [1.82, 2.24) is 9.88 Å². The van der Waals surface area contributed by atoms with Gasteiger partial charge in [0.2, 0.25) is 0 Å². The van der Waals surface area contributed by atoms with E-state index in [0.29, 0.717) is 11.7 Å². The van der Waals surface area contributed by atoms with Gasteiger partial charge in [0.15, 0.2) is 0 Å². The van der Waals surface area contributed by atoms with Gasteiger partial charge in [-0.05, 0) is 37.9 Å². The van der Waals surface area contributed by atoms with E-state index < -0.39 is 0 Å². The van der Waals surface area contributed by atoms with Crippen molar-refractivity contribution in [1.29, 1.82) is 0 Å². The molecule has 3 heterocycles. The highest BCUT2D eigenvalue weighted by Gasteiger charge is 2.40. The van der Waals surface area contributed by atoms with Crippen LogP contribution in [0.2, 0.25) is 0 Å². The molecule has 1 aromatic heterocycles. The number of hydrogen-bond acceptors (Lipinski definition) is 4. The van der Waals surface area contributed by atoms with Crippen molar-refractivity contribution in [2.45, 2.75) is 37.8 Å². The standard InChI is InChI=1S/C15H22N2O3/c18-10-11-13-5-1-2-8-17(13)9-6-14(11)20-15(19)12-4-3-7-16-12/h3-4,7,11,13-14,16,18H,1-2,5-6,8-10H2. The summed E-state index contributed by atoms with van der Waals surface area (Å²) < 4.78 is 5.63. The Morgan fingerprint density at radius 3 is 3.05 bits per heavy atom. The van der Waals surface area contributed by atoms with E-state index in [-0.39, 0.29) is 24.6 Å². The molecule has 5 nitrogen and oxygen atoms in total. The third kappa shape index (κ3) is 2.60. The summed E-state index contributed by atoms with van der Waals surface area (Å²) in [7, 11) is 0. The number of H-pyrrole nitrogens is 1. The summed E-state index contributed by atoms with van der Waals surface area (Å²) in [5.41, 5.74) is 0.479. The van der Waals surface area contributed by atoms with Gasteiger partial charge >= 0.3 is 5.97 Å². The molecule has 5 heteroatoms. The van der Waals surface area contributed by atoms with Crippen molar-refractivity contribution in [3.8, 4) is 0 Å². The second-order valence-electron chi connectivity index (χ2n) is 5.76. The zero-order chi connectivity index (χ0) is 13.9. The van der Waals surface area contributed by atoms with Gasteiger partial charge in [-0.25, -0.2) is 4.79 Å². The first-order chi connectivity index (χ1) is 9.79. The Kier molecular flexibility index (Phi) is 4.08. The number of nitrogens with one attached hydrogen (secondary N) is 1. The van der Waals surface area contributed by atoms with Gasteiger partial charge in [-0.2, -0.15) is 0 Å². The predicted octanol–water partition coefficient (Wildman–Crippen LogP) is 1.41. The highest BCUT2D eigenvalue weighted by atomic mass is 16.5. The number of carbonyl (C=O) groups excluding carboxylic acids is 1. The number of carbonyl (C=O) groups is 1. The van der Waals surface area contributed by atoms with Crippen molar-refractivity contribution >= 4 is 5.97 Å². The van der Waals surface area contributed by atoms with E-state index in [9.17, 15) is 9.90 Å². The molecule has 3 unspecified atom stereocenters. The number of fused-ring (bicyclic) bond motifs is 1. The maximum absolute atomic E-state index is 12.0. The quantitative estimate of drug-likeness (QED) is 0.820. The van der Waals surface area contributed by atoms with Crippen LogP contribution in [0.3, 0.4) is 0 Å². The SMILES string of the molecule is O=C(OC1CCN2CCCCC2C1CO)c1ccc[nH]1. The van der Waals surface area contributed by atoms with Gasteiger partial charge in [-0.15, -0.1) is 0 Å². The zero-order valence-corrected chi connectivity index (χ0v) is 11.6. The zero-order valence-electron chi connectivity index (χ0n) is 11.6. The van der Waals surface area contributed by atoms with E-state index in [1.165, 1.54) is 12.8 Å². The number of piperidine rings is 2. The van der Waals surface area contributed by atoms with Gasteiger partial charge in [0.25, 0.3) is 0 Å². The predicted molar refractivity (Wildman–Crippen MR) is 74.4 cm³/mol. The average molecular weight is 278 g/mol. The number of ether oxygens (including phenoxy) is 1. The van der Waals surface area contributed by atoms with Gasteiger partial charge in [-0.1, -0.05) is 6.42 Å². The largest absolute Gasteiger partial charge is 0.457 e. The van der Waals surface area contributed by atoms with E-state index in [2.05, 4.69) is 9.88 Å². The second kappa shape index (κ2) is 5.97. The van der Waals surface area contributed by atoms with E-state index >= 15 is 0 Å². The van der Waals surface area contributed by atoms with E-state index in [1.807, 2.05) is 0 Å². The van der Waals surface area contributed by atoms with Gasteiger partial charge in [0.05, 0.1) is 6.61 Å². The van der Waals surface area contributed by atoms with Crippen LogP contribution in [0.25, 0.3) is 0 Å². The Balaban J connectivity index is 1.68. The summed E-state index contributed by atoms with van der Waals surface area (Å²) in [6, 6.07) is 3.86. The van der Waals surface area contributed by atoms with E-state index in [4.69, 9.17) is 4.74 Å². The van der Waals surface area contributed by atoms with Crippen molar-refractivity contribution < 1.29 is 14.6 Å². The fourth-order valence-electron chi connectivity index (χ4n) is 3.58. The van der Waals surface area contributed by atoms with Gasteiger partial charge in [0.1, 0.15) is 11.8 Å². The number of nitrogens with zero attached hydrogens (tertiary/aromatic N) is 1. The summed E-state index contributed by atoms with van der Waals surface area (Å²) in [5, 5.41) is 9.72. The van der Waals surface area contributed by atoms with E-state index in [1.54, 1.807) is 18.3 Å². The maximum atomic E-state index is 12.0. The molecule has 2 aliphatic rings. The lowest BCUT2D eigenvalue weighted by atomic mass is 9.82. The van der Waals surface area contributed by atoms with Gasteiger partial charge in [0, 0.05) is 24.7 Å². The molecule has 2 fully saturated rings. The van der Waals surface area contributed by atoms with Crippen LogP contribution in [0, 0.1) is 5.92 Å². The summed E-state index contributed by atoms with van der Waals surface area (Å²) in [4.78, 5) is 17.4. The molecule has 0 bridgehead atoms. The fourth-order valence-corrected chi connectivity index (χ4v) is 3.58. The number of aromatic amines is 1. The number of aliphatic hydroxyl groups is 1. The minimum atomic E-state index is -0.317. The summed E-state index contributed by atoms with van der Waals surface area (Å²) in [6.45, 7) is 2.16. The van der Waals surface area contributed by atoms with Crippen LogP contribution >= 0.6 is 0 Å². The monoisotopic (exact) mass is 278 g/mol. The van der Waals surface area contributed by atoms with Crippen LogP contribution in [0.1, 0.15) is 36.2 Å². The smallest absolute Gasteiger partial charge is 0.355 e. The molecule has 2 N–H and O–H groups in total. The van der Waals surface area contributed by atoms with Crippen molar-refractivity contribution in [3.63, 3.8) is 0 Å². The highest BCUT2D eigenvalue weighted by molar-refractivity contribution is 5.87. The Morgan fingerprint density at radius 1 is 1.40 bits per heavy atom. The van der Waals surface area contributed by atoms with Crippen LogP contribution in [-0.2, 0) is 4.74 Å².